The Bertz CT molecular complexity index is 524. The Hall–Kier alpha value is -2.17. The first-order valence-electron chi connectivity index (χ1n) is 4.79. The Labute approximate surface area is 92.3 Å². The lowest BCUT2D eigenvalue weighted by Gasteiger charge is -1.97. The molecule has 5 nitrogen and oxygen atoms in total. The minimum atomic E-state index is -0.418. The van der Waals surface area contributed by atoms with Crippen LogP contribution in [0.4, 0.5) is 0 Å². The van der Waals surface area contributed by atoms with E-state index >= 15 is 0 Å². The van der Waals surface area contributed by atoms with Gasteiger partial charge in [-0.3, -0.25) is 0 Å². The van der Waals surface area contributed by atoms with Crippen LogP contribution in [0.15, 0.2) is 30.3 Å². The van der Waals surface area contributed by atoms with Gasteiger partial charge in [0.2, 0.25) is 0 Å². The molecule has 1 aromatic heterocycles. The molecule has 0 unspecified atom stereocenters. The molecule has 0 saturated carbocycles. The van der Waals surface area contributed by atoms with Crippen LogP contribution in [0.2, 0.25) is 0 Å². The number of aromatic nitrogens is 3. The van der Waals surface area contributed by atoms with E-state index in [9.17, 15) is 4.79 Å². The smallest absolute Gasteiger partial charge is 0.332 e. The van der Waals surface area contributed by atoms with Crippen LogP contribution in [0, 0.1) is 0 Å². The van der Waals surface area contributed by atoms with Crippen molar-refractivity contribution >= 4 is 22.7 Å². The Morgan fingerprint density at radius 3 is 2.38 bits per heavy atom. The van der Waals surface area contributed by atoms with E-state index in [1.54, 1.807) is 6.92 Å². The second kappa shape index (κ2) is 4.14. The Balaban J connectivity index is 2.40. The van der Waals surface area contributed by atoms with Gasteiger partial charge in [0, 0.05) is 6.08 Å². The zero-order chi connectivity index (χ0) is 11.5. The second-order valence-corrected chi connectivity index (χ2v) is 3.29. The van der Waals surface area contributed by atoms with Crippen molar-refractivity contribution in [3.8, 4) is 0 Å². The van der Waals surface area contributed by atoms with E-state index in [2.05, 4.69) is 14.9 Å². The lowest BCUT2D eigenvalue weighted by atomic mass is 10.3. The summed E-state index contributed by atoms with van der Waals surface area (Å²) in [6.07, 6.45) is 1.35. The van der Waals surface area contributed by atoms with Crippen molar-refractivity contribution in [3.63, 3.8) is 0 Å². The molecule has 2 aromatic rings. The fourth-order valence-electron chi connectivity index (χ4n) is 1.30. The first-order valence-corrected chi connectivity index (χ1v) is 4.79. The van der Waals surface area contributed by atoms with Crippen molar-refractivity contribution in [2.24, 2.45) is 0 Å². The third-order valence-electron chi connectivity index (χ3n) is 2.13. The summed E-state index contributed by atoms with van der Waals surface area (Å²) < 4.78 is 4.53. The van der Waals surface area contributed by atoms with Gasteiger partial charge in [-0.05, 0) is 19.1 Å². The molecule has 0 bridgehead atoms. The summed E-state index contributed by atoms with van der Waals surface area (Å²) in [5, 5.41) is 8.46. The minimum Gasteiger partial charge on any atom is -0.466 e. The molecule has 5 heteroatoms. The number of ether oxygens (including phenoxy) is 1. The average Bonchev–Trinajstić information content (AvgIpc) is 2.72. The van der Waals surface area contributed by atoms with E-state index < -0.39 is 5.97 Å². The number of hydrogen-bond donors (Lipinski definition) is 0. The summed E-state index contributed by atoms with van der Waals surface area (Å²) in [4.78, 5) is 12.5. The van der Waals surface area contributed by atoms with Crippen LogP contribution in [-0.2, 0) is 9.53 Å². The second-order valence-electron chi connectivity index (χ2n) is 3.29. The highest BCUT2D eigenvalue weighted by Crippen LogP contribution is 2.10. The fourth-order valence-corrected chi connectivity index (χ4v) is 1.30. The van der Waals surface area contributed by atoms with Crippen molar-refractivity contribution in [2.75, 3.05) is 7.11 Å². The molecule has 1 heterocycles. The molecule has 0 N–H and O–H groups in total. The maximum atomic E-state index is 11.0. The number of esters is 1. The molecular weight excluding hydrogens is 206 g/mol. The predicted octanol–water partition coefficient (Wildman–Crippen LogP) is 1.47. The number of fused-ring (bicyclic) bond motifs is 1. The molecule has 0 radical (unpaired) electrons. The summed E-state index contributed by atoms with van der Waals surface area (Å²) >= 11 is 0. The van der Waals surface area contributed by atoms with Crippen LogP contribution in [0.5, 0.6) is 0 Å². The number of rotatable bonds is 2. The number of nitrogens with zero attached hydrogens (tertiary/aromatic N) is 3. The van der Waals surface area contributed by atoms with Gasteiger partial charge in [-0.2, -0.15) is 4.80 Å². The molecule has 0 aliphatic rings. The molecule has 0 spiro atoms. The highest BCUT2D eigenvalue weighted by Gasteiger charge is 2.04. The zero-order valence-electron chi connectivity index (χ0n) is 9.04. The maximum Gasteiger partial charge on any atom is 0.332 e. The summed E-state index contributed by atoms with van der Waals surface area (Å²) in [6.45, 7) is 1.75. The lowest BCUT2D eigenvalue weighted by Crippen LogP contribution is -2.02. The molecule has 1 aromatic carbocycles. The SMILES string of the molecule is COC(=O)/C=C(/C)n1nc2ccccc2n1. The quantitative estimate of drug-likeness (QED) is 0.564. The van der Waals surface area contributed by atoms with Crippen molar-refractivity contribution < 1.29 is 9.53 Å². The van der Waals surface area contributed by atoms with Gasteiger partial charge < -0.3 is 4.74 Å². The van der Waals surface area contributed by atoms with Crippen LogP contribution in [0.1, 0.15) is 6.92 Å². The number of methoxy groups -OCH3 is 1. The van der Waals surface area contributed by atoms with Gasteiger partial charge in [0.05, 0.1) is 12.8 Å². The summed E-state index contributed by atoms with van der Waals surface area (Å²) in [7, 11) is 1.33. The molecule has 16 heavy (non-hydrogen) atoms. The molecule has 82 valence electrons. The van der Waals surface area contributed by atoms with Crippen molar-refractivity contribution in [3.05, 3.63) is 30.3 Å². The third kappa shape index (κ3) is 1.93. The molecular formula is C11H11N3O2. The number of allylic oxidation sites excluding steroid dienone is 1. The van der Waals surface area contributed by atoms with Crippen molar-refractivity contribution in [1.29, 1.82) is 0 Å². The number of hydrogen-bond acceptors (Lipinski definition) is 4. The van der Waals surface area contributed by atoms with Gasteiger partial charge in [0.1, 0.15) is 11.0 Å². The van der Waals surface area contributed by atoms with E-state index in [0.717, 1.165) is 11.0 Å². The van der Waals surface area contributed by atoms with Crippen LogP contribution in [0.3, 0.4) is 0 Å². The Kier molecular flexibility index (Phi) is 2.68. The molecule has 0 saturated heterocycles. The third-order valence-corrected chi connectivity index (χ3v) is 2.13. The topological polar surface area (TPSA) is 57.0 Å². The number of carbonyl (C=O) groups excluding carboxylic acids is 1. The highest BCUT2D eigenvalue weighted by molar-refractivity contribution is 5.87. The van der Waals surface area contributed by atoms with E-state index in [1.165, 1.54) is 18.0 Å². The summed E-state index contributed by atoms with van der Waals surface area (Å²) in [6, 6.07) is 7.51. The largest absolute Gasteiger partial charge is 0.466 e. The van der Waals surface area contributed by atoms with Crippen molar-refractivity contribution in [1.82, 2.24) is 15.0 Å². The van der Waals surface area contributed by atoms with Crippen LogP contribution in [-0.4, -0.2) is 28.1 Å². The van der Waals surface area contributed by atoms with E-state index in [4.69, 9.17) is 0 Å². The predicted molar refractivity (Wildman–Crippen MR) is 59.5 cm³/mol. The number of carbonyl (C=O) groups is 1. The molecule has 0 amide bonds. The standard InChI is InChI=1S/C11H11N3O2/c1-8(7-11(15)16-2)14-12-9-5-3-4-6-10(9)13-14/h3-7H,1-2H3/b8-7-. The van der Waals surface area contributed by atoms with Gasteiger partial charge in [-0.15, -0.1) is 10.2 Å². The molecule has 0 aliphatic heterocycles. The van der Waals surface area contributed by atoms with E-state index in [0.29, 0.717) is 5.70 Å². The number of benzene rings is 1. The summed E-state index contributed by atoms with van der Waals surface area (Å²) in [5.41, 5.74) is 2.20. The normalized spacial score (nSPS) is 11.8. The van der Waals surface area contributed by atoms with Gasteiger partial charge in [-0.1, -0.05) is 12.1 Å². The van der Waals surface area contributed by atoms with Crippen LogP contribution in [0.25, 0.3) is 16.7 Å². The molecule has 0 aliphatic carbocycles. The Morgan fingerprint density at radius 2 is 1.88 bits per heavy atom. The fraction of sp³-hybridized carbons (Fsp3) is 0.182. The molecule has 0 fully saturated rings. The Morgan fingerprint density at radius 1 is 1.31 bits per heavy atom. The first kappa shape index (κ1) is 10.4. The molecule has 0 atom stereocenters. The van der Waals surface area contributed by atoms with E-state index in [1.807, 2.05) is 24.3 Å². The average molecular weight is 217 g/mol. The van der Waals surface area contributed by atoms with Gasteiger partial charge >= 0.3 is 5.97 Å². The van der Waals surface area contributed by atoms with Gasteiger partial charge in [0.25, 0.3) is 0 Å². The van der Waals surface area contributed by atoms with Gasteiger partial charge in [-0.25, -0.2) is 4.79 Å². The minimum absolute atomic E-state index is 0.418. The lowest BCUT2D eigenvalue weighted by molar-refractivity contribution is -0.134. The highest BCUT2D eigenvalue weighted by atomic mass is 16.5. The molecule has 2 rings (SSSR count). The summed E-state index contributed by atoms with van der Waals surface area (Å²) in [5.74, 6) is -0.418. The van der Waals surface area contributed by atoms with Crippen molar-refractivity contribution in [2.45, 2.75) is 6.92 Å². The maximum absolute atomic E-state index is 11.0. The van der Waals surface area contributed by atoms with E-state index in [-0.39, 0.29) is 0 Å². The van der Waals surface area contributed by atoms with Gasteiger partial charge in [0.15, 0.2) is 0 Å². The van der Waals surface area contributed by atoms with Crippen LogP contribution >= 0.6 is 0 Å². The monoisotopic (exact) mass is 217 g/mol. The van der Waals surface area contributed by atoms with Crippen LogP contribution < -0.4 is 0 Å². The zero-order valence-corrected chi connectivity index (χ0v) is 9.04. The first-order chi connectivity index (χ1) is 7.70.